The maximum Gasteiger partial charge on any atom is 0.363 e. The molecule has 0 radical (unpaired) electrons. The fourth-order valence-electron chi connectivity index (χ4n) is 2.06. The van der Waals surface area contributed by atoms with Gasteiger partial charge in [0, 0.05) is 10.0 Å². The first-order valence-corrected chi connectivity index (χ1v) is 7.48. The normalized spacial score (nSPS) is 15.5. The molecular weight excluding hydrogens is 365 g/mol. The van der Waals surface area contributed by atoms with Crippen molar-refractivity contribution in [1.82, 2.24) is 0 Å². The number of ether oxygens (including phenoxy) is 2. The van der Waals surface area contributed by atoms with Crippen molar-refractivity contribution in [2.45, 2.75) is 0 Å². The van der Waals surface area contributed by atoms with Gasteiger partial charge in [0.1, 0.15) is 0 Å². The van der Waals surface area contributed by atoms with Crippen molar-refractivity contribution in [2.24, 2.45) is 4.99 Å². The molecule has 6 heteroatoms. The molecule has 0 N–H and O–H groups in total. The van der Waals surface area contributed by atoms with Crippen LogP contribution in [0.4, 0.5) is 4.39 Å². The summed E-state index contributed by atoms with van der Waals surface area (Å²) >= 11 is 3.34. The second-order valence-corrected chi connectivity index (χ2v) is 5.65. The number of cyclic esters (lactones) is 1. The monoisotopic (exact) mass is 375 g/mol. The summed E-state index contributed by atoms with van der Waals surface area (Å²) in [4.78, 5) is 16.1. The smallest absolute Gasteiger partial charge is 0.363 e. The lowest BCUT2D eigenvalue weighted by Gasteiger charge is -2.01. The first-order chi connectivity index (χ1) is 11.1. The summed E-state index contributed by atoms with van der Waals surface area (Å²) in [5, 5.41) is 0. The molecule has 0 aromatic heterocycles. The van der Waals surface area contributed by atoms with Gasteiger partial charge in [0.15, 0.2) is 17.3 Å². The van der Waals surface area contributed by atoms with E-state index in [1.54, 1.807) is 18.2 Å². The summed E-state index contributed by atoms with van der Waals surface area (Å²) in [5.74, 6) is -0.715. The fraction of sp³-hybridized carbons (Fsp3) is 0.0588. The maximum atomic E-state index is 13.7. The van der Waals surface area contributed by atoms with Crippen LogP contribution in [0.1, 0.15) is 11.1 Å². The summed E-state index contributed by atoms with van der Waals surface area (Å²) in [6, 6.07) is 11.6. The molecule has 0 amide bonds. The van der Waals surface area contributed by atoms with Crippen molar-refractivity contribution in [1.29, 1.82) is 0 Å². The fourth-order valence-corrected chi connectivity index (χ4v) is 2.32. The SMILES string of the molecule is COc1ccc(/C=C2\N=C(c3ccc(Br)cc3)OC2=O)cc1F. The van der Waals surface area contributed by atoms with Crippen molar-refractivity contribution < 1.29 is 18.7 Å². The lowest BCUT2D eigenvalue weighted by atomic mass is 10.2. The van der Waals surface area contributed by atoms with E-state index in [-0.39, 0.29) is 17.3 Å². The van der Waals surface area contributed by atoms with Crippen LogP contribution in [0.15, 0.2) is 57.6 Å². The molecule has 2 aromatic carbocycles. The Morgan fingerprint density at radius 2 is 1.96 bits per heavy atom. The van der Waals surface area contributed by atoms with Crippen molar-refractivity contribution >= 4 is 33.9 Å². The van der Waals surface area contributed by atoms with Crippen LogP contribution < -0.4 is 4.74 Å². The third-order valence-electron chi connectivity index (χ3n) is 3.19. The van der Waals surface area contributed by atoms with Gasteiger partial charge in [-0.05, 0) is 48.0 Å². The number of esters is 1. The molecule has 0 atom stereocenters. The van der Waals surface area contributed by atoms with Gasteiger partial charge in [-0.1, -0.05) is 22.0 Å². The lowest BCUT2D eigenvalue weighted by molar-refractivity contribution is -0.129. The third-order valence-corrected chi connectivity index (χ3v) is 3.72. The molecule has 0 fully saturated rings. The largest absolute Gasteiger partial charge is 0.494 e. The quantitative estimate of drug-likeness (QED) is 0.602. The van der Waals surface area contributed by atoms with Crippen molar-refractivity contribution in [2.75, 3.05) is 7.11 Å². The minimum atomic E-state index is -0.570. The van der Waals surface area contributed by atoms with Gasteiger partial charge < -0.3 is 9.47 Å². The molecule has 0 saturated heterocycles. The number of benzene rings is 2. The maximum absolute atomic E-state index is 13.7. The van der Waals surface area contributed by atoms with Crippen molar-refractivity contribution in [3.63, 3.8) is 0 Å². The van der Waals surface area contributed by atoms with E-state index in [0.29, 0.717) is 11.1 Å². The Morgan fingerprint density at radius 3 is 2.61 bits per heavy atom. The Balaban J connectivity index is 1.91. The first-order valence-electron chi connectivity index (χ1n) is 6.69. The van der Waals surface area contributed by atoms with Crippen LogP contribution in [0.3, 0.4) is 0 Å². The van der Waals surface area contributed by atoms with Gasteiger partial charge in [-0.2, -0.15) is 0 Å². The Labute approximate surface area is 140 Å². The van der Waals surface area contributed by atoms with Crippen LogP contribution in [0.25, 0.3) is 6.08 Å². The van der Waals surface area contributed by atoms with Crippen LogP contribution in [0.5, 0.6) is 5.75 Å². The Bertz CT molecular complexity index is 828. The van der Waals surface area contributed by atoms with E-state index in [1.165, 1.54) is 25.3 Å². The van der Waals surface area contributed by atoms with Crippen LogP contribution in [0, 0.1) is 5.82 Å². The van der Waals surface area contributed by atoms with Gasteiger partial charge in [0.25, 0.3) is 0 Å². The molecule has 1 heterocycles. The van der Waals surface area contributed by atoms with E-state index in [2.05, 4.69) is 20.9 Å². The molecule has 0 aliphatic carbocycles. The molecule has 23 heavy (non-hydrogen) atoms. The summed E-state index contributed by atoms with van der Waals surface area (Å²) in [6.07, 6.45) is 1.47. The average molecular weight is 376 g/mol. The second kappa shape index (κ2) is 6.34. The molecule has 0 saturated carbocycles. The van der Waals surface area contributed by atoms with Crippen molar-refractivity contribution in [3.8, 4) is 5.75 Å². The van der Waals surface area contributed by atoms with Gasteiger partial charge >= 0.3 is 5.97 Å². The number of hydrogen-bond donors (Lipinski definition) is 0. The highest BCUT2D eigenvalue weighted by Crippen LogP contribution is 2.23. The van der Waals surface area contributed by atoms with Gasteiger partial charge in [0.2, 0.25) is 5.90 Å². The molecule has 2 aromatic rings. The zero-order chi connectivity index (χ0) is 16.4. The summed E-state index contributed by atoms with van der Waals surface area (Å²) < 4.78 is 24.6. The molecule has 1 aliphatic rings. The number of carbonyl (C=O) groups excluding carboxylic acids is 1. The topological polar surface area (TPSA) is 47.9 Å². The number of halogens is 2. The van der Waals surface area contributed by atoms with Crippen LogP contribution >= 0.6 is 15.9 Å². The van der Waals surface area contributed by atoms with E-state index >= 15 is 0 Å². The Morgan fingerprint density at radius 1 is 1.22 bits per heavy atom. The van der Waals surface area contributed by atoms with Crippen molar-refractivity contribution in [3.05, 3.63) is 69.6 Å². The number of nitrogens with zero attached hydrogens (tertiary/aromatic N) is 1. The summed E-state index contributed by atoms with van der Waals surface area (Å²) in [7, 11) is 1.39. The molecule has 0 bridgehead atoms. The van der Waals surface area contributed by atoms with Gasteiger partial charge in [-0.3, -0.25) is 0 Å². The molecule has 0 unspecified atom stereocenters. The number of aliphatic imine (C=N–C) groups is 1. The Hall–Kier alpha value is -2.47. The highest BCUT2D eigenvalue weighted by atomic mass is 79.9. The summed E-state index contributed by atoms with van der Waals surface area (Å²) in [6.45, 7) is 0. The van der Waals surface area contributed by atoms with E-state index in [9.17, 15) is 9.18 Å². The average Bonchev–Trinajstić information content (AvgIpc) is 2.89. The molecule has 1 aliphatic heterocycles. The molecule has 4 nitrogen and oxygen atoms in total. The highest BCUT2D eigenvalue weighted by molar-refractivity contribution is 9.10. The van der Waals surface area contributed by atoms with E-state index in [4.69, 9.17) is 9.47 Å². The third kappa shape index (κ3) is 3.32. The molecule has 116 valence electrons. The van der Waals surface area contributed by atoms with Crippen LogP contribution in [-0.2, 0) is 9.53 Å². The number of carbonyl (C=O) groups is 1. The number of hydrogen-bond acceptors (Lipinski definition) is 4. The summed E-state index contributed by atoms with van der Waals surface area (Å²) in [5.41, 5.74) is 1.30. The predicted octanol–water partition coefficient (Wildman–Crippen LogP) is 3.94. The van der Waals surface area contributed by atoms with Gasteiger partial charge in [-0.25, -0.2) is 14.2 Å². The predicted molar refractivity (Wildman–Crippen MR) is 87.7 cm³/mol. The Kier molecular flexibility index (Phi) is 4.25. The second-order valence-electron chi connectivity index (χ2n) is 4.74. The van der Waals surface area contributed by atoms with E-state index in [0.717, 1.165) is 4.47 Å². The molecule has 3 rings (SSSR count). The lowest BCUT2D eigenvalue weighted by Crippen LogP contribution is -2.05. The first kappa shape index (κ1) is 15.4. The van der Waals surface area contributed by atoms with E-state index in [1.807, 2.05) is 12.1 Å². The highest BCUT2D eigenvalue weighted by Gasteiger charge is 2.24. The molecule has 0 spiro atoms. The van der Waals surface area contributed by atoms with E-state index < -0.39 is 11.8 Å². The number of rotatable bonds is 3. The van der Waals surface area contributed by atoms with Gasteiger partial charge in [-0.15, -0.1) is 0 Å². The zero-order valence-corrected chi connectivity index (χ0v) is 13.6. The molecular formula is C17H11BrFNO3. The van der Waals surface area contributed by atoms with Crippen LogP contribution in [0.2, 0.25) is 0 Å². The zero-order valence-electron chi connectivity index (χ0n) is 12.0. The minimum Gasteiger partial charge on any atom is -0.494 e. The van der Waals surface area contributed by atoms with Crippen LogP contribution in [-0.4, -0.2) is 19.0 Å². The minimum absolute atomic E-state index is 0.118. The number of methoxy groups -OCH3 is 1. The van der Waals surface area contributed by atoms with Gasteiger partial charge in [0.05, 0.1) is 7.11 Å². The standard InChI is InChI=1S/C17H11BrFNO3/c1-22-15-7-2-10(8-13(15)19)9-14-17(21)23-16(20-14)11-3-5-12(18)6-4-11/h2-9H,1H3/b14-9-.